The Morgan fingerprint density at radius 2 is 1.93 bits per heavy atom. The molecule has 0 bridgehead atoms. The molecule has 2 unspecified atom stereocenters. The Balaban J connectivity index is 2.22. The molecule has 1 nitrogen and oxygen atoms in total. The van der Waals surface area contributed by atoms with Gasteiger partial charge in [0.2, 0.25) is 0 Å². The normalized spacial score (nSPS) is 26.7. The van der Waals surface area contributed by atoms with Gasteiger partial charge >= 0.3 is 0 Å². The molecule has 1 fully saturated rings. The lowest BCUT2D eigenvalue weighted by molar-refractivity contribution is -0.124. The number of rotatable bonds is 1. The molecule has 0 aromatic heterocycles. The fraction of sp³-hybridized carbons (Fsp3) is 0.462. The Labute approximate surface area is 89.3 Å². The summed E-state index contributed by atoms with van der Waals surface area (Å²) in [5, 5.41) is 0. The van der Waals surface area contributed by atoms with Crippen LogP contribution in [0.15, 0.2) is 24.3 Å². The van der Waals surface area contributed by atoms with Crippen LogP contribution in [0.1, 0.15) is 37.7 Å². The third-order valence-electron chi connectivity index (χ3n) is 3.35. The van der Waals surface area contributed by atoms with Gasteiger partial charge in [0.15, 0.2) is 0 Å². The molecular weight excluding hydrogens is 191 g/mol. The molecule has 80 valence electrons. The van der Waals surface area contributed by atoms with Gasteiger partial charge in [0.25, 0.3) is 0 Å². The summed E-state index contributed by atoms with van der Waals surface area (Å²) in [6, 6.07) is 6.55. The highest BCUT2D eigenvalue weighted by Gasteiger charge is 2.28. The van der Waals surface area contributed by atoms with Crippen LogP contribution in [0.3, 0.4) is 0 Å². The topological polar surface area (TPSA) is 17.1 Å². The quantitative estimate of drug-likeness (QED) is 0.689. The second-order valence-corrected chi connectivity index (χ2v) is 4.31. The molecule has 0 N–H and O–H groups in total. The summed E-state index contributed by atoms with van der Waals surface area (Å²) in [6.07, 6.45) is 2.71. The lowest BCUT2D eigenvalue weighted by atomic mass is 9.76. The van der Waals surface area contributed by atoms with E-state index in [0.717, 1.165) is 18.4 Å². The Morgan fingerprint density at radius 3 is 2.60 bits per heavy atom. The maximum atomic E-state index is 12.8. The van der Waals surface area contributed by atoms with Crippen molar-refractivity contribution in [1.29, 1.82) is 0 Å². The van der Waals surface area contributed by atoms with E-state index in [0.29, 0.717) is 12.2 Å². The van der Waals surface area contributed by atoms with E-state index < -0.39 is 0 Å². The van der Waals surface area contributed by atoms with Crippen LogP contribution in [0.25, 0.3) is 0 Å². The first-order valence-electron chi connectivity index (χ1n) is 5.46. The zero-order chi connectivity index (χ0) is 10.8. The molecule has 0 heterocycles. The van der Waals surface area contributed by atoms with Gasteiger partial charge in [-0.2, -0.15) is 0 Å². The molecule has 2 heteroatoms. The highest BCUT2D eigenvalue weighted by atomic mass is 19.1. The minimum absolute atomic E-state index is 0.0872. The molecule has 0 amide bonds. The molecule has 1 aromatic carbocycles. The van der Waals surface area contributed by atoms with Crippen LogP contribution in [-0.2, 0) is 4.79 Å². The summed E-state index contributed by atoms with van der Waals surface area (Å²) in [4.78, 5) is 11.6. The van der Waals surface area contributed by atoms with Crippen LogP contribution in [-0.4, -0.2) is 5.78 Å². The average molecular weight is 206 g/mol. The highest BCUT2D eigenvalue weighted by Crippen LogP contribution is 2.35. The number of hydrogen-bond acceptors (Lipinski definition) is 1. The number of carbonyl (C=O) groups is 1. The third-order valence-corrected chi connectivity index (χ3v) is 3.35. The second kappa shape index (κ2) is 4.13. The molecule has 1 saturated carbocycles. The van der Waals surface area contributed by atoms with Crippen LogP contribution >= 0.6 is 0 Å². The minimum atomic E-state index is -0.214. The molecule has 0 saturated heterocycles. The number of carbonyl (C=O) groups excluding carboxylic acids is 1. The zero-order valence-electron chi connectivity index (χ0n) is 8.87. The summed E-state index contributed by atoms with van der Waals surface area (Å²) in [6.45, 7) is 1.98. The van der Waals surface area contributed by atoms with E-state index in [4.69, 9.17) is 0 Å². The van der Waals surface area contributed by atoms with E-state index in [1.54, 1.807) is 12.1 Å². The predicted molar refractivity (Wildman–Crippen MR) is 57.2 cm³/mol. The second-order valence-electron chi connectivity index (χ2n) is 4.31. The zero-order valence-corrected chi connectivity index (χ0v) is 8.87. The Kier molecular flexibility index (Phi) is 2.85. The molecule has 0 aliphatic heterocycles. The van der Waals surface area contributed by atoms with Gasteiger partial charge in [0.1, 0.15) is 11.6 Å². The Hall–Kier alpha value is -1.18. The van der Waals surface area contributed by atoms with Crippen molar-refractivity contribution in [3.8, 4) is 0 Å². The summed E-state index contributed by atoms with van der Waals surface area (Å²) in [5.74, 6) is 0.500. The van der Waals surface area contributed by atoms with E-state index in [1.807, 2.05) is 6.92 Å². The van der Waals surface area contributed by atoms with Crippen molar-refractivity contribution in [1.82, 2.24) is 0 Å². The molecule has 15 heavy (non-hydrogen) atoms. The predicted octanol–water partition coefficient (Wildman–Crippen LogP) is 3.30. The summed E-state index contributed by atoms with van der Waals surface area (Å²) < 4.78 is 12.8. The molecule has 1 aliphatic rings. The van der Waals surface area contributed by atoms with Crippen molar-refractivity contribution in [2.75, 3.05) is 0 Å². The van der Waals surface area contributed by atoms with Gasteiger partial charge in [-0.1, -0.05) is 19.1 Å². The number of Topliss-reactive ketones (excluding diaryl/α,β-unsaturated/α-hetero) is 1. The largest absolute Gasteiger partial charge is 0.299 e. The molecular formula is C13H15FO. The maximum Gasteiger partial charge on any atom is 0.136 e. The van der Waals surface area contributed by atoms with Crippen LogP contribution in [0.5, 0.6) is 0 Å². The number of halogens is 1. The van der Waals surface area contributed by atoms with Crippen molar-refractivity contribution >= 4 is 5.78 Å². The lowest BCUT2D eigenvalue weighted by Crippen LogP contribution is -2.24. The summed E-state index contributed by atoms with van der Waals surface area (Å²) >= 11 is 0. The van der Waals surface area contributed by atoms with Gasteiger partial charge in [-0.3, -0.25) is 4.79 Å². The molecule has 2 atom stereocenters. The van der Waals surface area contributed by atoms with Crippen LogP contribution < -0.4 is 0 Å². The van der Waals surface area contributed by atoms with Gasteiger partial charge in [-0.15, -0.1) is 0 Å². The minimum Gasteiger partial charge on any atom is -0.299 e. The van der Waals surface area contributed by atoms with Crippen molar-refractivity contribution in [3.63, 3.8) is 0 Å². The van der Waals surface area contributed by atoms with Crippen molar-refractivity contribution in [3.05, 3.63) is 35.6 Å². The van der Waals surface area contributed by atoms with Gasteiger partial charge in [0.05, 0.1) is 0 Å². The molecule has 1 aliphatic carbocycles. The van der Waals surface area contributed by atoms with Crippen LogP contribution in [0.2, 0.25) is 0 Å². The molecule has 0 spiro atoms. The molecule has 2 rings (SSSR count). The highest BCUT2D eigenvalue weighted by molar-refractivity contribution is 5.82. The van der Waals surface area contributed by atoms with Gasteiger partial charge in [0, 0.05) is 12.3 Å². The SMILES string of the molecule is CC1C(=O)CCCC1c1ccc(F)cc1. The average Bonchev–Trinajstić information content (AvgIpc) is 2.24. The monoisotopic (exact) mass is 206 g/mol. The van der Waals surface area contributed by atoms with Gasteiger partial charge in [-0.05, 0) is 36.5 Å². The fourth-order valence-electron chi connectivity index (χ4n) is 2.36. The third kappa shape index (κ3) is 2.09. The first-order valence-corrected chi connectivity index (χ1v) is 5.46. The standard InChI is InChI=1S/C13H15FO/c1-9-12(3-2-4-13(9)15)10-5-7-11(14)8-6-10/h5-9,12H,2-4H2,1H3. The smallest absolute Gasteiger partial charge is 0.136 e. The number of hydrogen-bond donors (Lipinski definition) is 0. The summed E-state index contributed by atoms with van der Waals surface area (Å²) in [7, 11) is 0. The van der Waals surface area contributed by atoms with E-state index in [2.05, 4.69) is 0 Å². The van der Waals surface area contributed by atoms with Gasteiger partial charge < -0.3 is 0 Å². The molecule has 1 aromatic rings. The van der Waals surface area contributed by atoms with E-state index in [1.165, 1.54) is 12.1 Å². The van der Waals surface area contributed by atoms with Crippen molar-refractivity contribution in [2.45, 2.75) is 32.1 Å². The Morgan fingerprint density at radius 1 is 1.27 bits per heavy atom. The molecule has 0 radical (unpaired) electrons. The summed E-state index contributed by atoms with van der Waals surface area (Å²) in [5.41, 5.74) is 1.09. The number of benzene rings is 1. The van der Waals surface area contributed by atoms with Crippen LogP contribution in [0, 0.1) is 11.7 Å². The van der Waals surface area contributed by atoms with E-state index in [-0.39, 0.29) is 17.7 Å². The maximum absolute atomic E-state index is 12.8. The Bertz CT molecular complexity index is 355. The van der Waals surface area contributed by atoms with E-state index >= 15 is 0 Å². The van der Waals surface area contributed by atoms with Crippen molar-refractivity contribution in [2.24, 2.45) is 5.92 Å². The fourth-order valence-corrected chi connectivity index (χ4v) is 2.36. The van der Waals surface area contributed by atoms with Crippen molar-refractivity contribution < 1.29 is 9.18 Å². The lowest BCUT2D eigenvalue weighted by Gasteiger charge is -2.27. The number of ketones is 1. The first-order chi connectivity index (χ1) is 7.18. The van der Waals surface area contributed by atoms with Gasteiger partial charge in [-0.25, -0.2) is 4.39 Å². The first kappa shape index (κ1) is 10.3. The van der Waals surface area contributed by atoms with Crippen LogP contribution in [0.4, 0.5) is 4.39 Å². The van der Waals surface area contributed by atoms with E-state index in [9.17, 15) is 9.18 Å².